The van der Waals surface area contributed by atoms with Gasteiger partial charge in [-0.25, -0.2) is 0 Å². The highest BCUT2D eigenvalue weighted by atomic mass is 16.6. The molecule has 1 spiro atoms. The Kier molecular flexibility index (Phi) is 5.97. The van der Waals surface area contributed by atoms with Crippen LogP contribution >= 0.6 is 0 Å². The van der Waals surface area contributed by atoms with Crippen molar-refractivity contribution < 1.29 is 19.1 Å². The molecule has 0 radical (unpaired) electrons. The SMILES string of the molecule is CCOC(=O)C(CC)(CC)C1=CC(c2ccc(C)cc2)C2(CCCC2)C(=O)O1. The van der Waals surface area contributed by atoms with E-state index in [2.05, 4.69) is 37.3 Å². The molecule has 4 nitrogen and oxygen atoms in total. The lowest BCUT2D eigenvalue weighted by atomic mass is 9.67. The lowest BCUT2D eigenvalue weighted by molar-refractivity contribution is -0.164. The first-order chi connectivity index (χ1) is 13.4. The van der Waals surface area contributed by atoms with E-state index >= 15 is 0 Å². The minimum Gasteiger partial charge on any atom is -0.465 e. The van der Waals surface area contributed by atoms with Gasteiger partial charge in [0.2, 0.25) is 0 Å². The molecule has 1 aromatic carbocycles. The molecule has 1 unspecified atom stereocenters. The number of ether oxygens (including phenoxy) is 2. The summed E-state index contributed by atoms with van der Waals surface area (Å²) in [5, 5.41) is 0. The molecule has 3 rings (SSSR count). The molecule has 0 bridgehead atoms. The van der Waals surface area contributed by atoms with Crippen LogP contribution in [0.15, 0.2) is 36.1 Å². The zero-order valence-corrected chi connectivity index (χ0v) is 17.5. The fourth-order valence-corrected chi connectivity index (χ4v) is 4.90. The second kappa shape index (κ2) is 8.10. The van der Waals surface area contributed by atoms with Gasteiger partial charge in [0.05, 0.1) is 12.0 Å². The Morgan fingerprint density at radius 3 is 2.29 bits per heavy atom. The van der Waals surface area contributed by atoms with Crippen molar-refractivity contribution >= 4 is 11.9 Å². The Bertz CT molecular complexity index is 749. The number of benzene rings is 1. The Morgan fingerprint density at radius 2 is 1.75 bits per heavy atom. The van der Waals surface area contributed by atoms with Crippen LogP contribution in [0.4, 0.5) is 0 Å². The molecular weight excluding hydrogens is 352 g/mol. The minimum atomic E-state index is -0.908. The third-order valence-electron chi connectivity index (χ3n) is 6.80. The van der Waals surface area contributed by atoms with E-state index in [1.807, 2.05) is 13.8 Å². The number of esters is 2. The summed E-state index contributed by atoms with van der Waals surface area (Å²) >= 11 is 0. The Morgan fingerprint density at radius 1 is 1.14 bits per heavy atom. The van der Waals surface area contributed by atoms with Gasteiger partial charge in [-0.2, -0.15) is 0 Å². The smallest absolute Gasteiger partial charge is 0.319 e. The first-order valence-corrected chi connectivity index (χ1v) is 10.6. The molecular formula is C24H32O4. The van der Waals surface area contributed by atoms with Gasteiger partial charge in [-0.05, 0) is 51.2 Å². The number of allylic oxidation sites excluding steroid dienone is 1. The molecule has 1 saturated carbocycles. The average Bonchev–Trinajstić information content (AvgIpc) is 3.18. The number of hydrogen-bond acceptors (Lipinski definition) is 4. The maximum absolute atomic E-state index is 13.3. The molecule has 0 amide bonds. The molecule has 1 aliphatic heterocycles. The zero-order valence-electron chi connectivity index (χ0n) is 17.5. The third-order valence-corrected chi connectivity index (χ3v) is 6.80. The van der Waals surface area contributed by atoms with Crippen molar-refractivity contribution in [3.63, 3.8) is 0 Å². The molecule has 1 heterocycles. The Balaban J connectivity index is 2.13. The highest BCUT2D eigenvalue weighted by Crippen LogP contribution is 2.55. The van der Waals surface area contributed by atoms with E-state index in [1.165, 1.54) is 5.56 Å². The fraction of sp³-hybridized carbons (Fsp3) is 0.583. The van der Waals surface area contributed by atoms with Crippen molar-refractivity contribution in [1.29, 1.82) is 0 Å². The normalized spacial score (nSPS) is 21.4. The van der Waals surface area contributed by atoms with Crippen LogP contribution in [0.25, 0.3) is 0 Å². The van der Waals surface area contributed by atoms with Crippen molar-refractivity contribution in [1.82, 2.24) is 0 Å². The first-order valence-electron chi connectivity index (χ1n) is 10.6. The van der Waals surface area contributed by atoms with Gasteiger partial charge in [-0.15, -0.1) is 0 Å². The van der Waals surface area contributed by atoms with Crippen molar-refractivity contribution in [3.05, 3.63) is 47.2 Å². The van der Waals surface area contributed by atoms with Crippen LogP contribution in [0.5, 0.6) is 0 Å². The fourth-order valence-electron chi connectivity index (χ4n) is 4.90. The van der Waals surface area contributed by atoms with Crippen molar-refractivity contribution in [3.8, 4) is 0 Å². The van der Waals surface area contributed by atoms with Gasteiger partial charge >= 0.3 is 11.9 Å². The summed E-state index contributed by atoms with van der Waals surface area (Å²) in [5.41, 5.74) is 0.886. The Labute approximate surface area is 168 Å². The van der Waals surface area contributed by atoms with Crippen molar-refractivity contribution in [2.24, 2.45) is 10.8 Å². The van der Waals surface area contributed by atoms with E-state index in [9.17, 15) is 9.59 Å². The summed E-state index contributed by atoms with van der Waals surface area (Å²) in [6, 6.07) is 8.39. The highest BCUT2D eigenvalue weighted by molar-refractivity contribution is 5.85. The van der Waals surface area contributed by atoms with Crippen LogP contribution in [-0.4, -0.2) is 18.5 Å². The molecule has 0 N–H and O–H groups in total. The summed E-state index contributed by atoms with van der Waals surface area (Å²) in [6.07, 6.45) is 6.86. The standard InChI is InChI=1S/C24H32O4/c1-5-23(6-2,21(25)27-7-3)20-16-19(18-12-10-17(4)11-13-18)24(22(26)28-20)14-8-9-15-24/h10-13,16,19H,5-9,14-15H2,1-4H3. The van der Waals surface area contributed by atoms with Gasteiger partial charge < -0.3 is 9.47 Å². The number of cyclic esters (lactones) is 1. The molecule has 1 atom stereocenters. The predicted molar refractivity (Wildman–Crippen MR) is 109 cm³/mol. The maximum atomic E-state index is 13.3. The van der Waals surface area contributed by atoms with Gasteiger partial charge in [-0.3, -0.25) is 9.59 Å². The van der Waals surface area contributed by atoms with Crippen LogP contribution in [0, 0.1) is 17.8 Å². The van der Waals surface area contributed by atoms with Gasteiger partial charge in [0, 0.05) is 5.92 Å². The average molecular weight is 385 g/mol. The summed E-state index contributed by atoms with van der Waals surface area (Å²) in [5.74, 6) is -0.0736. The summed E-state index contributed by atoms with van der Waals surface area (Å²) < 4.78 is 11.3. The minimum absolute atomic E-state index is 0.0706. The number of carbonyl (C=O) groups excluding carboxylic acids is 2. The zero-order chi connectivity index (χ0) is 20.4. The number of rotatable bonds is 6. The molecule has 4 heteroatoms. The van der Waals surface area contributed by atoms with Gasteiger partial charge in [-0.1, -0.05) is 56.5 Å². The number of hydrogen-bond donors (Lipinski definition) is 0. The molecule has 2 aliphatic rings. The second-order valence-electron chi connectivity index (χ2n) is 8.18. The molecule has 1 fully saturated rings. The molecule has 1 aliphatic carbocycles. The molecule has 152 valence electrons. The molecule has 0 aromatic heterocycles. The Hall–Kier alpha value is -2.10. The highest BCUT2D eigenvalue weighted by Gasteiger charge is 2.55. The van der Waals surface area contributed by atoms with E-state index < -0.39 is 10.8 Å². The molecule has 28 heavy (non-hydrogen) atoms. The summed E-state index contributed by atoms with van der Waals surface area (Å²) in [7, 11) is 0. The number of carbonyl (C=O) groups is 2. The van der Waals surface area contributed by atoms with E-state index in [1.54, 1.807) is 6.92 Å². The third kappa shape index (κ3) is 3.27. The summed E-state index contributed by atoms with van der Waals surface area (Å²) in [6.45, 7) is 8.09. The van der Waals surface area contributed by atoms with Gasteiger partial charge in [0.15, 0.2) is 0 Å². The molecule has 0 saturated heterocycles. The van der Waals surface area contributed by atoms with Crippen LogP contribution in [-0.2, 0) is 19.1 Å². The van der Waals surface area contributed by atoms with Crippen LogP contribution in [0.3, 0.4) is 0 Å². The van der Waals surface area contributed by atoms with Crippen molar-refractivity contribution in [2.75, 3.05) is 6.61 Å². The van der Waals surface area contributed by atoms with Crippen LogP contribution < -0.4 is 0 Å². The van der Waals surface area contributed by atoms with E-state index in [0.717, 1.165) is 31.2 Å². The topological polar surface area (TPSA) is 52.6 Å². The molecule has 1 aromatic rings. The number of aryl methyl sites for hydroxylation is 1. The first kappa shape index (κ1) is 20.6. The second-order valence-corrected chi connectivity index (χ2v) is 8.18. The predicted octanol–water partition coefficient (Wildman–Crippen LogP) is 5.45. The van der Waals surface area contributed by atoms with Gasteiger partial charge in [0.1, 0.15) is 11.2 Å². The van der Waals surface area contributed by atoms with E-state index in [-0.39, 0.29) is 17.9 Å². The summed E-state index contributed by atoms with van der Waals surface area (Å²) in [4.78, 5) is 26.2. The largest absolute Gasteiger partial charge is 0.465 e. The van der Waals surface area contributed by atoms with Crippen molar-refractivity contribution in [2.45, 2.75) is 72.1 Å². The quantitative estimate of drug-likeness (QED) is 0.612. The lowest BCUT2D eigenvalue weighted by Gasteiger charge is -2.42. The van der Waals surface area contributed by atoms with Crippen LogP contribution in [0.2, 0.25) is 0 Å². The maximum Gasteiger partial charge on any atom is 0.319 e. The monoisotopic (exact) mass is 384 g/mol. The van der Waals surface area contributed by atoms with E-state index in [4.69, 9.17) is 9.47 Å². The van der Waals surface area contributed by atoms with Crippen LogP contribution in [0.1, 0.15) is 76.3 Å². The van der Waals surface area contributed by atoms with Gasteiger partial charge in [0.25, 0.3) is 0 Å². The lowest BCUT2D eigenvalue weighted by Crippen LogP contribution is -2.44. The van der Waals surface area contributed by atoms with E-state index in [0.29, 0.717) is 25.2 Å².